The van der Waals surface area contributed by atoms with Gasteiger partial charge in [0.25, 0.3) is 0 Å². The van der Waals surface area contributed by atoms with Crippen molar-refractivity contribution >= 4 is 5.97 Å². The second kappa shape index (κ2) is 4.66. The zero-order chi connectivity index (χ0) is 16.7. The Bertz CT molecular complexity index is 667. The maximum Gasteiger partial charge on any atom is 0.309 e. The zero-order valence-electron chi connectivity index (χ0n) is 14.7. The van der Waals surface area contributed by atoms with Gasteiger partial charge in [-0.3, -0.25) is 4.79 Å². The van der Waals surface area contributed by atoms with E-state index in [-0.39, 0.29) is 41.0 Å². The quantitative estimate of drug-likeness (QED) is 0.727. The van der Waals surface area contributed by atoms with Crippen molar-refractivity contribution in [2.45, 2.75) is 64.8 Å². The zero-order valence-corrected chi connectivity index (χ0v) is 14.7. The van der Waals surface area contributed by atoms with Crippen LogP contribution in [0.25, 0.3) is 0 Å². The van der Waals surface area contributed by atoms with Crippen molar-refractivity contribution in [2.24, 2.45) is 28.6 Å². The van der Waals surface area contributed by atoms with Crippen LogP contribution in [0.5, 0.6) is 0 Å². The van der Waals surface area contributed by atoms with E-state index in [9.17, 15) is 4.79 Å². The van der Waals surface area contributed by atoms with Crippen molar-refractivity contribution in [1.82, 2.24) is 0 Å². The lowest BCUT2D eigenvalue weighted by atomic mass is 9.43. The number of esters is 1. The molecule has 4 fully saturated rings. The average Bonchev–Trinajstić information content (AvgIpc) is 3.14. The van der Waals surface area contributed by atoms with Gasteiger partial charge in [0.1, 0.15) is 6.10 Å². The standard InChI is InChI=1S/C20H26O4/c1-11-8-16-20(3)13(18(21)24-16)4-5-14-17(20)19(11,2)9-15(23-14)12-6-7-22-10-12/h6-7,10-11,13-17H,4-5,8-9H2,1-3H3/t11-,13+,14-,15+,16+,17-,19+,20+/m1/s1. The first-order valence-electron chi connectivity index (χ1n) is 9.32. The van der Waals surface area contributed by atoms with Gasteiger partial charge in [-0.15, -0.1) is 0 Å². The van der Waals surface area contributed by atoms with Crippen LogP contribution in [0, 0.1) is 28.6 Å². The highest BCUT2D eigenvalue weighted by molar-refractivity contribution is 5.76. The van der Waals surface area contributed by atoms with E-state index < -0.39 is 0 Å². The molecular weight excluding hydrogens is 304 g/mol. The minimum Gasteiger partial charge on any atom is -0.472 e. The van der Waals surface area contributed by atoms with Gasteiger partial charge >= 0.3 is 5.97 Å². The molecule has 0 radical (unpaired) electrons. The second-order valence-electron chi connectivity index (χ2n) is 8.97. The number of furan rings is 1. The molecular formula is C20H26O4. The van der Waals surface area contributed by atoms with Crippen molar-refractivity contribution in [1.29, 1.82) is 0 Å². The minimum atomic E-state index is -0.0668. The number of carbonyl (C=O) groups excluding carboxylic acids is 1. The molecule has 5 rings (SSSR count). The summed E-state index contributed by atoms with van der Waals surface area (Å²) in [6, 6.07) is 2.03. The number of hydrogen-bond donors (Lipinski definition) is 0. The summed E-state index contributed by atoms with van der Waals surface area (Å²) >= 11 is 0. The van der Waals surface area contributed by atoms with Crippen LogP contribution in [0.4, 0.5) is 0 Å². The molecule has 3 heterocycles. The molecule has 2 saturated carbocycles. The SMILES string of the molecule is C[C@@H]1C[C@@H]2OC(=O)[C@@H]3CC[C@H]4O[C@H](c5ccoc5)C[C@]1(C)[C@@H]4[C@]23C. The summed E-state index contributed by atoms with van der Waals surface area (Å²) < 4.78 is 17.7. The maximum absolute atomic E-state index is 12.5. The predicted molar refractivity (Wildman–Crippen MR) is 87.0 cm³/mol. The highest BCUT2D eigenvalue weighted by Gasteiger charge is 2.70. The Labute approximate surface area is 142 Å². The molecule has 0 spiro atoms. The predicted octanol–water partition coefficient (Wildman–Crippen LogP) is 4.11. The van der Waals surface area contributed by atoms with Crippen LogP contribution in [0.1, 0.15) is 58.1 Å². The van der Waals surface area contributed by atoms with Gasteiger partial charge in [0, 0.05) is 16.9 Å². The Morgan fingerprint density at radius 3 is 2.83 bits per heavy atom. The Balaban J connectivity index is 1.59. The third-order valence-electron chi connectivity index (χ3n) is 8.05. The third-order valence-corrected chi connectivity index (χ3v) is 8.05. The van der Waals surface area contributed by atoms with Crippen LogP contribution in [-0.4, -0.2) is 18.2 Å². The van der Waals surface area contributed by atoms with Crippen molar-refractivity contribution in [3.63, 3.8) is 0 Å². The summed E-state index contributed by atoms with van der Waals surface area (Å²) in [4.78, 5) is 12.5. The Kier molecular flexibility index (Phi) is 2.91. The normalized spacial score (nSPS) is 52.7. The Hall–Kier alpha value is -1.29. The fraction of sp³-hybridized carbons (Fsp3) is 0.750. The molecule has 24 heavy (non-hydrogen) atoms. The van der Waals surface area contributed by atoms with Crippen molar-refractivity contribution in [2.75, 3.05) is 0 Å². The maximum atomic E-state index is 12.5. The third kappa shape index (κ3) is 1.66. The van der Waals surface area contributed by atoms with E-state index in [1.807, 2.05) is 12.3 Å². The van der Waals surface area contributed by atoms with Crippen LogP contribution < -0.4 is 0 Å². The molecule has 130 valence electrons. The molecule has 8 atom stereocenters. The van der Waals surface area contributed by atoms with Gasteiger partial charge in [0.05, 0.1) is 30.7 Å². The van der Waals surface area contributed by atoms with E-state index in [0.717, 1.165) is 31.2 Å². The van der Waals surface area contributed by atoms with E-state index in [0.29, 0.717) is 11.8 Å². The van der Waals surface area contributed by atoms with Crippen molar-refractivity contribution in [3.05, 3.63) is 24.2 Å². The van der Waals surface area contributed by atoms with Crippen LogP contribution in [0.2, 0.25) is 0 Å². The molecule has 0 bridgehead atoms. The first-order chi connectivity index (χ1) is 11.4. The highest BCUT2D eigenvalue weighted by Crippen LogP contribution is 2.69. The fourth-order valence-corrected chi connectivity index (χ4v) is 6.69. The molecule has 4 heteroatoms. The minimum absolute atomic E-state index is 0.0364. The Morgan fingerprint density at radius 2 is 2.08 bits per heavy atom. The van der Waals surface area contributed by atoms with Gasteiger partial charge in [-0.1, -0.05) is 20.8 Å². The number of hydrogen-bond acceptors (Lipinski definition) is 4. The largest absolute Gasteiger partial charge is 0.472 e. The van der Waals surface area contributed by atoms with Gasteiger partial charge in [-0.2, -0.15) is 0 Å². The molecule has 4 nitrogen and oxygen atoms in total. The lowest BCUT2D eigenvalue weighted by molar-refractivity contribution is -0.250. The molecule has 0 amide bonds. The van der Waals surface area contributed by atoms with Crippen molar-refractivity contribution in [3.8, 4) is 0 Å². The summed E-state index contributed by atoms with van der Waals surface area (Å²) in [6.45, 7) is 7.07. The molecule has 1 aromatic heterocycles. The number of rotatable bonds is 1. The lowest BCUT2D eigenvalue weighted by Gasteiger charge is -2.64. The molecule has 0 N–H and O–H groups in total. The highest BCUT2D eigenvalue weighted by atomic mass is 16.6. The summed E-state index contributed by atoms with van der Waals surface area (Å²) in [7, 11) is 0. The summed E-state index contributed by atoms with van der Waals surface area (Å²) in [5.41, 5.74) is 1.25. The molecule has 0 unspecified atom stereocenters. The summed E-state index contributed by atoms with van der Waals surface area (Å²) in [5, 5.41) is 0. The molecule has 4 aliphatic rings. The molecule has 2 aliphatic carbocycles. The number of carbonyl (C=O) groups is 1. The first kappa shape index (κ1) is 15.0. The molecule has 1 aromatic rings. The fourth-order valence-electron chi connectivity index (χ4n) is 6.69. The van der Waals surface area contributed by atoms with Crippen LogP contribution >= 0.6 is 0 Å². The lowest BCUT2D eigenvalue weighted by Crippen LogP contribution is -2.64. The second-order valence-corrected chi connectivity index (χ2v) is 8.97. The van der Waals surface area contributed by atoms with Crippen LogP contribution in [0.3, 0.4) is 0 Å². The van der Waals surface area contributed by atoms with Crippen LogP contribution in [-0.2, 0) is 14.3 Å². The summed E-state index contributed by atoms with van der Waals surface area (Å²) in [6.07, 6.45) is 7.78. The van der Waals surface area contributed by atoms with E-state index in [2.05, 4.69) is 20.8 Å². The summed E-state index contributed by atoms with van der Waals surface area (Å²) in [5.74, 6) is 1.01. The van der Waals surface area contributed by atoms with E-state index in [4.69, 9.17) is 13.9 Å². The Morgan fingerprint density at radius 1 is 1.25 bits per heavy atom. The average molecular weight is 330 g/mol. The van der Waals surface area contributed by atoms with Gasteiger partial charge in [0.15, 0.2) is 0 Å². The first-order valence-corrected chi connectivity index (χ1v) is 9.32. The topological polar surface area (TPSA) is 48.7 Å². The van der Waals surface area contributed by atoms with E-state index in [1.165, 1.54) is 0 Å². The van der Waals surface area contributed by atoms with E-state index >= 15 is 0 Å². The van der Waals surface area contributed by atoms with Crippen LogP contribution in [0.15, 0.2) is 23.0 Å². The number of ether oxygens (including phenoxy) is 2. The monoisotopic (exact) mass is 330 g/mol. The van der Waals surface area contributed by atoms with Gasteiger partial charge in [-0.25, -0.2) is 0 Å². The van der Waals surface area contributed by atoms with Gasteiger partial charge < -0.3 is 13.9 Å². The van der Waals surface area contributed by atoms with Gasteiger partial charge in [-0.05, 0) is 43.1 Å². The molecule has 0 aromatic carbocycles. The van der Waals surface area contributed by atoms with Gasteiger partial charge in [0.2, 0.25) is 0 Å². The molecule has 2 aliphatic heterocycles. The smallest absolute Gasteiger partial charge is 0.309 e. The van der Waals surface area contributed by atoms with Crippen molar-refractivity contribution < 1.29 is 18.7 Å². The van der Waals surface area contributed by atoms with E-state index in [1.54, 1.807) is 6.26 Å². The molecule has 2 saturated heterocycles.